The fourth-order valence-corrected chi connectivity index (χ4v) is 4.24. The SMILES string of the molecule is COc1ccc(-c2cc(-c3ccccc3)nc3[nH]c(=O)n(-c4cccc(Cl)c4)c(=O)c23)cc1OC. The summed E-state index contributed by atoms with van der Waals surface area (Å²) in [7, 11) is 3.10. The minimum Gasteiger partial charge on any atom is -0.493 e. The average Bonchev–Trinajstić information content (AvgIpc) is 2.88. The van der Waals surface area contributed by atoms with Gasteiger partial charge in [-0.3, -0.25) is 9.78 Å². The van der Waals surface area contributed by atoms with Crippen LogP contribution in [0, 0.1) is 0 Å². The van der Waals surface area contributed by atoms with Crippen LogP contribution in [0.25, 0.3) is 39.1 Å². The van der Waals surface area contributed by atoms with Crippen molar-refractivity contribution in [3.8, 4) is 39.6 Å². The van der Waals surface area contributed by atoms with E-state index in [0.29, 0.717) is 39.0 Å². The number of aromatic nitrogens is 3. The third-order valence-electron chi connectivity index (χ3n) is 5.70. The van der Waals surface area contributed by atoms with Crippen LogP contribution in [-0.4, -0.2) is 28.8 Å². The Hall–Kier alpha value is -4.36. The van der Waals surface area contributed by atoms with E-state index in [1.165, 1.54) is 0 Å². The number of rotatable bonds is 5. The minimum atomic E-state index is -0.610. The van der Waals surface area contributed by atoms with Crippen molar-refractivity contribution in [1.29, 1.82) is 0 Å². The van der Waals surface area contributed by atoms with Gasteiger partial charge in [-0.2, -0.15) is 0 Å². The molecule has 0 amide bonds. The number of methoxy groups -OCH3 is 2. The molecule has 35 heavy (non-hydrogen) atoms. The molecule has 0 spiro atoms. The number of ether oxygens (including phenoxy) is 2. The van der Waals surface area contributed by atoms with Crippen molar-refractivity contribution in [2.45, 2.75) is 0 Å². The molecule has 1 N–H and O–H groups in total. The van der Waals surface area contributed by atoms with Gasteiger partial charge in [0.2, 0.25) is 0 Å². The largest absolute Gasteiger partial charge is 0.493 e. The third-order valence-corrected chi connectivity index (χ3v) is 5.93. The summed E-state index contributed by atoms with van der Waals surface area (Å²) in [5.41, 5.74) is 2.17. The van der Waals surface area contributed by atoms with E-state index in [0.717, 1.165) is 10.1 Å². The first kappa shape index (κ1) is 22.4. The molecule has 0 aliphatic rings. The molecule has 0 atom stereocenters. The van der Waals surface area contributed by atoms with Gasteiger partial charge in [0.15, 0.2) is 11.5 Å². The Morgan fingerprint density at radius 3 is 2.31 bits per heavy atom. The molecule has 0 unspecified atom stereocenters. The van der Waals surface area contributed by atoms with Crippen LogP contribution >= 0.6 is 11.6 Å². The van der Waals surface area contributed by atoms with Gasteiger partial charge in [-0.25, -0.2) is 14.3 Å². The number of nitrogens with one attached hydrogen (secondary N) is 1. The van der Waals surface area contributed by atoms with Crippen LogP contribution in [0.15, 0.2) is 88.5 Å². The molecule has 0 bridgehead atoms. The average molecular weight is 486 g/mol. The monoisotopic (exact) mass is 485 g/mol. The Bertz CT molecular complexity index is 1680. The zero-order valence-electron chi connectivity index (χ0n) is 18.9. The molecule has 7 nitrogen and oxygen atoms in total. The lowest BCUT2D eigenvalue weighted by Gasteiger charge is -2.14. The number of hydrogen-bond acceptors (Lipinski definition) is 5. The molecule has 5 rings (SSSR count). The topological polar surface area (TPSA) is 86.2 Å². The van der Waals surface area contributed by atoms with E-state index in [9.17, 15) is 9.59 Å². The summed E-state index contributed by atoms with van der Waals surface area (Å²) in [5.74, 6) is 1.07. The first-order valence-corrected chi connectivity index (χ1v) is 11.1. The van der Waals surface area contributed by atoms with E-state index >= 15 is 0 Å². The van der Waals surface area contributed by atoms with Crippen LogP contribution in [-0.2, 0) is 0 Å². The Morgan fingerprint density at radius 1 is 0.829 bits per heavy atom. The minimum absolute atomic E-state index is 0.185. The number of hydrogen-bond donors (Lipinski definition) is 1. The van der Waals surface area contributed by atoms with Gasteiger partial charge in [0.25, 0.3) is 5.56 Å². The molecule has 5 aromatic rings. The van der Waals surface area contributed by atoms with Crippen LogP contribution in [0.3, 0.4) is 0 Å². The molecule has 0 saturated carbocycles. The van der Waals surface area contributed by atoms with Crippen molar-refractivity contribution in [1.82, 2.24) is 14.5 Å². The number of H-pyrrole nitrogens is 1. The van der Waals surface area contributed by atoms with Crippen molar-refractivity contribution in [2.24, 2.45) is 0 Å². The molecule has 8 heteroatoms. The summed E-state index contributed by atoms with van der Waals surface area (Å²) in [6.45, 7) is 0. The van der Waals surface area contributed by atoms with Crippen LogP contribution < -0.4 is 20.7 Å². The predicted octanol–water partition coefficient (Wildman–Crippen LogP) is 5.08. The van der Waals surface area contributed by atoms with Crippen molar-refractivity contribution >= 4 is 22.6 Å². The molecule has 0 radical (unpaired) electrons. The van der Waals surface area contributed by atoms with Gasteiger partial charge in [-0.05, 0) is 42.0 Å². The van der Waals surface area contributed by atoms with E-state index in [4.69, 9.17) is 21.1 Å². The van der Waals surface area contributed by atoms with Gasteiger partial charge in [0.1, 0.15) is 5.65 Å². The molecule has 2 heterocycles. The Labute approximate surface area is 205 Å². The molecule has 0 aliphatic heterocycles. The fraction of sp³-hybridized carbons (Fsp3) is 0.0741. The highest BCUT2D eigenvalue weighted by Crippen LogP contribution is 2.35. The second-order valence-corrected chi connectivity index (χ2v) is 8.20. The highest BCUT2D eigenvalue weighted by atomic mass is 35.5. The first-order valence-electron chi connectivity index (χ1n) is 10.7. The number of pyridine rings is 1. The van der Waals surface area contributed by atoms with E-state index < -0.39 is 11.2 Å². The second kappa shape index (κ2) is 9.12. The van der Waals surface area contributed by atoms with E-state index in [1.54, 1.807) is 50.6 Å². The van der Waals surface area contributed by atoms with Crippen LogP contribution in [0.4, 0.5) is 0 Å². The van der Waals surface area contributed by atoms with Crippen molar-refractivity contribution in [3.63, 3.8) is 0 Å². The molecular formula is C27H20ClN3O4. The number of halogens is 1. The standard InChI is InChI=1S/C27H20ClN3O4/c1-34-22-12-11-17(13-23(22)35-2)20-15-21(16-7-4-3-5-8-16)29-25-24(20)26(32)31(27(33)30-25)19-10-6-9-18(28)14-19/h3-15H,1-2H3,(H,29,30,33). The number of benzene rings is 3. The lowest BCUT2D eigenvalue weighted by Crippen LogP contribution is -2.34. The van der Waals surface area contributed by atoms with Gasteiger partial charge >= 0.3 is 5.69 Å². The van der Waals surface area contributed by atoms with Gasteiger partial charge in [0, 0.05) is 16.1 Å². The lowest BCUT2D eigenvalue weighted by atomic mass is 9.99. The second-order valence-electron chi connectivity index (χ2n) is 7.77. The van der Waals surface area contributed by atoms with Crippen LogP contribution in [0.2, 0.25) is 5.02 Å². The smallest absolute Gasteiger partial charge is 0.334 e. The number of nitrogens with zero attached hydrogens (tertiary/aromatic N) is 2. The van der Waals surface area contributed by atoms with Gasteiger partial charge in [0.05, 0.1) is 31.0 Å². The first-order chi connectivity index (χ1) is 17.0. The van der Waals surface area contributed by atoms with Crippen molar-refractivity contribution < 1.29 is 9.47 Å². The zero-order valence-corrected chi connectivity index (χ0v) is 19.7. The molecule has 0 saturated heterocycles. The van der Waals surface area contributed by atoms with Crippen molar-refractivity contribution in [2.75, 3.05) is 14.2 Å². The summed E-state index contributed by atoms with van der Waals surface area (Å²) < 4.78 is 11.9. The third kappa shape index (κ3) is 4.06. The van der Waals surface area contributed by atoms with Gasteiger partial charge in [-0.1, -0.05) is 54.1 Å². The summed E-state index contributed by atoms with van der Waals surface area (Å²) in [6, 6.07) is 23.3. The molecule has 0 fully saturated rings. The Kier molecular flexibility index (Phi) is 5.84. The van der Waals surface area contributed by atoms with Gasteiger partial charge in [-0.15, -0.1) is 0 Å². The van der Waals surface area contributed by atoms with Crippen molar-refractivity contribution in [3.05, 3.63) is 105 Å². The summed E-state index contributed by atoms with van der Waals surface area (Å²) in [4.78, 5) is 34.2. The van der Waals surface area contributed by atoms with E-state index in [-0.39, 0.29) is 11.0 Å². The lowest BCUT2D eigenvalue weighted by molar-refractivity contribution is 0.355. The van der Waals surface area contributed by atoms with Crippen LogP contribution in [0.5, 0.6) is 11.5 Å². The van der Waals surface area contributed by atoms with Gasteiger partial charge < -0.3 is 9.47 Å². The van der Waals surface area contributed by atoms with E-state index in [2.05, 4.69) is 9.97 Å². The molecule has 3 aromatic carbocycles. The zero-order chi connectivity index (χ0) is 24.5. The fourth-order valence-electron chi connectivity index (χ4n) is 4.05. The Balaban J connectivity index is 1.88. The summed E-state index contributed by atoms with van der Waals surface area (Å²) >= 11 is 6.13. The Morgan fingerprint density at radius 2 is 1.60 bits per heavy atom. The maximum Gasteiger partial charge on any atom is 0.334 e. The molecule has 2 aromatic heterocycles. The maximum atomic E-state index is 13.8. The molecule has 174 valence electrons. The molecule has 0 aliphatic carbocycles. The normalized spacial score (nSPS) is 10.9. The van der Waals surface area contributed by atoms with Crippen LogP contribution in [0.1, 0.15) is 0 Å². The highest BCUT2D eigenvalue weighted by molar-refractivity contribution is 6.30. The predicted molar refractivity (Wildman–Crippen MR) is 137 cm³/mol. The quantitative estimate of drug-likeness (QED) is 0.375. The maximum absolute atomic E-state index is 13.8. The summed E-state index contributed by atoms with van der Waals surface area (Å²) in [6.07, 6.45) is 0. The summed E-state index contributed by atoms with van der Waals surface area (Å²) in [5, 5.41) is 0.669. The molecular weight excluding hydrogens is 466 g/mol. The number of fused-ring (bicyclic) bond motifs is 1. The van der Waals surface area contributed by atoms with E-state index in [1.807, 2.05) is 42.5 Å². The number of aromatic amines is 1. The highest BCUT2D eigenvalue weighted by Gasteiger charge is 2.19.